The Morgan fingerprint density at radius 2 is 2.06 bits per heavy atom. The van der Waals surface area contributed by atoms with Crippen LogP contribution in [0.15, 0.2) is 47.3 Å². The molecule has 2 aromatic rings. The van der Waals surface area contributed by atoms with Crippen LogP contribution in [0.1, 0.15) is 19.4 Å². The molecular weight excluding hydrogens is 214 g/mol. The normalized spacial score (nSPS) is 10.5. The van der Waals surface area contributed by atoms with E-state index in [9.17, 15) is 0 Å². The second-order valence-electron chi connectivity index (χ2n) is 4.15. The molecule has 0 atom stereocenters. The van der Waals surface area contributed by atoms with Crippen molar-refractivity contribution in [2.24, 2.45) is 0 Å². The highest BCUT2D eigenvalue weighted by Crippen LogP contribution is 2.25. The number of furan rings is 1. The molecule has 0 aliphatic rings. The number of nitrogens with one attached hydrogen (secondary N) is 1. The number of ether oxygens (including phenoxy) is 1. The van der Waals surface area contributed by atoms with E-state index in [0.29, 0.717) is 0 Å². The Kier molecular flexibility index (Phi) is 3.70. The van der Waals surface area contributed by atoms with E-state index < -0.39 is 0 Å². The second-order valence-corrected chi connectivity index (χ2v) is 4.15. The highest BCUT2D eigenvalue weighted by atomic mass is 16.5. The maximum atomic E-state index is 5.73. The Hall–Kier alpha value is -1.90. The second kappa shape index (κ2) is 5.43. The summed E-state index contributed by atoms with van der Waals surface area (Å²) in [4.78, 5) is 0. The lowest BCUT2D eigenvalue weighted by Crippen LogP contribution is -2.08. The van der Waals surface area contributed by atoms with E-state index in [4.69, 9.17) is 9.15 Å². The number of benzene rings is 1. The van der Waals surface area contributed by atoms with Crippen LogP contribution in [0.4, 0.5) is 5.69 Å². The van der Waals surface area contributed by atoms with Crippen molar-refractivity contribution in [1.29, 1.82) is 0 Å². The molecule has 1 N–H and O–H groups in total. The first-order valence-electron chi connectivity index (χ1n) is 5.76. The van der Waals surface area contributed by atoms with Gasteiger partial charge in [-0.15, -0.1) is 0 Å². The van der Waals surface area contributed by atoms with Gasteiger partial charge >= 0.3 is 0 Å². The quantitative estimate of drug-likeness (QED) is 0.852. The molecule has 1 aromatic carbocycles. The van der Waals surface area contributed by atoms with E-state index in [0.717, 1.165) is 23.5 Å². The van der Waals surface area contributed by atoms with Crippen molar-refractivity contribution in [2.45, 2.75) is 26.5 Å². The van der Waals surface area contributed by atoms with Crippen LogP contribution >= 0.6 is 0 Å². The van der Waals surface area contributed by atoms with Crippen LogP contribution in [0, 0.1) is 0 Å². The lowest BCUT2D eigenvalue weighted by molar-refractivity contribution is 0.243. The van der Waals surface area contributed by atoms with Gasteiger partial charge in [-0.1, -0.05) is 12.1 Å². The number of para-hydroxylation sites is 2. The number of anilines is 1. The first kappa shape index (κ1) is 11.6. The summed E-state index contributed by atoms with van der Waals surface area (Å²) >= 11 is 0. The van der Waals surface area contributed by atoms with Crippen molar-refractivity contribution < 1.29 is 9.15 Å². The van der Waals surface area contributed by atoms with Gasteiger partial charge < -0.3 is 14.5 Å². The van der Waals surface area contributed by atoms with Crippen molar-refractivity contribution in [2.75, 3.05) is 5.32 Å². The Morgan fingerprint density at radius 3 is 2.76 bits per heavy atom. The van der Waals surface area contributed by atoms with Crippen LogP contribution in [-0.2, 0) is 6.54 Å². The van der Waals surface area contributed by atoms with Gasteiger partial charge in [0.25, 0.3) is 0 Å². The molecule has 0 aliphatic carbocycles. The molecule has 0 saturated heterocycles. The molecule has 3 nitrogen and oxygen atoms in total. The van der Waals surface area contributed by atoms with Gasteiger partial charge in [0.05, 0.1) is 24.3 Å². The highest BCUT2D eigenvalue weighted by molar-refractivity contribution is 5.56. The molecule has 3 heteroatoms. The molecule has 1 heterocycles. The maximum Gasteiger partial charge on any atom is 0.142 e. The predicted octanol–water partition coefficient (Wildman–Crippen LogP) is 3.68. The van der Waals surface area contributed by atoms with E-state index in [2.05, 4.69) is 5.32 Å². The summed E-state index contributed by atoms with van der Waals surface area (Å²) in [5.41, 5.74) is 2.12. The zero-order valence-corrected chi connectivity index (χ0v) is 10.1. The molecule has 90 valence electrons. The first-order valence-corrected chi connectivity index (χ1v) is 5.76. The van der Waals surface area contributed by atoms with E-state index in [1.54, 1.807) is 12.5 Å². The van der Waals surface area contributed by atoms with Crippen LogP contribution in [0.3, 0.4) is 0 Å². The molecule has 0 amide bonds. The largest absolute Gasteiger partial charge is 0.489 e. The summed E-state index contributed by atoms with van der Waals surface area (Å²) in [6.07, 6.45) is 3.58. The lowest BCUT2D eigenvalue weighted by atomic mass is 10.2. The molecule has 0 fully saturated rings. The predicted molar refractivity (Wildman–Crippen MR) is 68.2 cm³/mol. The molecule has 0 spiro atoms. The van der Waals surface area contributed by atoms with Gasteiger partial charge in [0.15, 0.2) is 0 Å². The van der Waals surface area contributed by atoms with Crippen molar-refractivity contribution >= 4 is 5.69 Å². The molecule has 2 rings (SSSR count). The average molecular weight is 231 g/mol. The van der Waals surface area contributed by atoms with Gasteiger partial charge in [-0.2, -0.15) is 0 Å². The fourth-order valence-corrected chi connectivity index (χ4v) is 1.56. The summed E-state index contributed by atoms with van der Waals surface area (Å²) in [7, 11) is 0. The minimum Gasteiger partial charge on any atom is -0.489 e. The summed E-state index contributed by atoms with van der Waals surface area (Å²) in [6.45, 7) is 4.77. The average Bonchev–Trinajstić information content (AvgIpc) is 2.80. The van der Waals surface area contributed by atoms with Gasteiger partial charge in [-0.25, -0.2) is 0 Å². The summed E-state index contributed by atoms with van der Waals surface area (Å²) in [5, 5.41) is 3.34. The van der Waals surface area contributed by atoms with Crippen LogP contribution in [0.2, 0.25) is 0 Å². The molecule has 17 heavy (non-hydrogen) atoms. The number of rotatable bonds is 5. The standard InChI is InChI=1S/C14H17NO2/c1-11(2)17-14-6-4-3-5-13(14)15-9-12-7-8-16-10-12/h3-8,10-11,15H,9H2,1-2H3. The van der Waals surface area contributed by atoms with Crippen molar-refractivity contribution in [1.82, 2.24) is 0 Å². The lowest BCUT2D eigenvalue weighted by Gasteiger charge is -2.14. The van der Waals surface area contributed by atoms with Crippen LogP contribution in [0.25, 0.3) is 0 Å². The third-order valence-electron chi connectivity index (χ3n) is 2.31. The van der Waals surface area contributed by atoms with Crippen LogP contribution in [-0.4, -0.2) is 6.10 Å². The fraction of sp³-hybridized carbons (Fsp3) is 0.286. The van der Waals surface area contributed by atoms with Gasteiger partial charge in [-0.05, 0) is 32.0 Å². The minimum atomic E-state index is 0.173. The first-order chi connectivity index (χ1) is 8.25. The number of hydrogen-bond donors (Lipinski definition) is 1. The van der Waals surface area contributed by atoms with E-state index in [1.165, 1.54) is 0 Å². The molecule has 0 radical (unpaired) electrons. The summed E-state index contributed by atoms with van der Waals surface area (Å²) in [6, 6.07) is 9.89. The van der Waals surface area contributed by atoms with Gasteiger partial charge in [0.2, 0.25) is 0 Å². The summed E-state index contributed by atoms with van der Waals surface area (Å²) < 4.78 is 10.8. The molecule has 0 unspecified atom stereocenters. The molecular formula is C14H17NO2. The Balaban J connectivity index is 2.04. The van der Waals surface area contributed by atoms with Gasteiger partial charge in [-0.3, -0.25) is 0 Å². The third-order valence-corrected chi connectivity index (χ3v) is 2.31. The van der Waals surface area contributed by atoms with E-state index in [-0.39, 0.29) is 6.10 Å². The number of hydrogen-bond acceptors (Lipinski definition) is 3. The molecule has 0 saturated carbocycles. The fourth-order valence-electron chi connectivity index (χ4n) is 1.56. The monoisotopic (exact) mass is 231 g/mol. The Morgan fingerprint density at radius 1 is 1.24 bits per heavy atom. The zero-order chi connectivity index (χ0) is 12.1. The molecule has 0 bridgehead atoms. The molecule has 0 aliphatic heterocycles. The van der Waals surface area contributed by atoms with Crippen molar-refractivity contribution in [3.8, 4) is 5.75 Å². The van der Waals surface area contributed by atoms with Gasteiger partial charge in [0.1, 0.15) is 5.75 Å². The SMILES string of the molecule is CC(C)Oc1ccccc1NCc1ccoc1. The topological polar surface area (TPSA) is 34.4 Å². The van der Waals surface area contributed by atoms with Crippen LogP contribution < -0.4 is 10.1 Å². The van der Waals surface area contributed by atoms with Crippen LogP contribution in [0.5, 0.6) is 5.75 Å². The zero-order valence-electron chi connectivity index (χ0n) is 10.1. The maximum absolute atomic E-state index is 5.73. The smallest absolute Gasteiger partial charge is 0.142 e. The Bertz CT molecular complexity index is 449. The highest BCUT2D eigenvalue weighted by Gasteiger charge is 2.04. The summed E-state index contributed by atoms with van der Waals surface area (Å²) in [5.74, 6) is 0.881. The minimum absolute atomic E-state index is 0.173. The van der Waals surface area contributed by atoms with Crippen molar-refractivity contribution in [3.05, 3.63) is 48.4 Å². The van der Waals surface area contributed by atoms with E-state index in [1.807, 2.05) is 44.2 Å². The van der Waals surface area contributed by atoms with E-state index >= 15 is 0 Å². The Labute approximate surface area is 101 Å². The van der Waals surface area contributed by atoms with Gasteiger partial charge in [0, 0.05) is 12.1 Å². The van der Waals surface area contributed by atoms with Crippen molar-refractivity contribution in [3.63, 3.8) is 0 Å². The third kappa shape index (κ3) is 3.28. The molecule has 1 aromatic heterocycles.